The normalized spacial score (nSPS) is 33.5. The lowest BCUT2D eigenvalue weighted by Crippen LogP contribution is -2.42. The average Bonchev–Trinajstić information content (AvgIpc) is 3.42. The average molecular weight is 498 g/mol. The molecule has 7 atom stereocenters. The molecule has 0 spiro atoms. The maximum atomic E-state index is 11.3. The van der Waals surface area contributed by atoms with Crippen molar-refractivity contribution in [3.05, 3.63) is 24.0 Å². The summed E-state index contributed by atoms with van der Waals surface area (Å²) in [5.41, 5.74) is 0.681. The topological polar surface area (TPSA) is 150 Å². The molecule has 2 fully saturated rings. The molecule has 1 aromatic heterocycles. The Kier molecular flexibility index (Phi) is 7.83. The molecule has 0 amide bonds. The van der Waals surface area contributed by atoms with Crippen LogP contribution in [-0.2, 0) is 55.7 Å². The Balaban J connectivity index is 1.23. The number of hydrogen-bond donors (Lipinski definition) is 1. The van der Waals surface area contributed by atoms with Crippen LogP contribution in [0.3, 0.4) is 0 Å². The van der Waals surface area contributed by atoms with Gasteiger partial charge in [-0.3, -0.25) is 9.59 Å². The van der Waals surface area contributed by atoms with Gasteiger partial charge < -0.3 is 38.3 Å². The summed E-state index contributed by atoms with van der Waals surface area (Å²) in [4.78, 5) is 22.5. The zero-order chi connectivity index (χ0) is 25.2. The Morgan fingerprint density at radius 2 is 1.94 bits per heavy atom. The number of rotatable bonds is 9. The SMILES string of the molecule is CC(=O)OC[C@H]1O[C@H](OCCc2cn(C[C@H]3O[C@@H]4OC(C)(C)O[C@@H]4[C@H]3O)nn2)C=C[C@@H]1OC(C)=O. The molecule has 4 rings (SSSR count). The second-order valence-electron chi connectivity index (χ2n) is 8.99. The van der Waals surface area contributed by atoms with Gasteiger partial charge in [-0.2, -0.15) is 0 Å². The molecule has 3 aliphatic heterocycles. The largest absolute Gasteiger partial charge is 0.463 e. The Bertz CT molecular complexity index is 934. The Morgan fingerprint density at radius 3 is 2.66 bits per heavy atom. The highest BCUT2D eigenvalue weighted by Crippen LogP contribution is 2.37. The smallest absolute Gasteiger partial charge is 0.303 e. The van der Waals surface area contributed by atoms with Crippen LogP contribution in [0, 0.1) is 0 Å². The standard InChI is InChI=1S/C22H31N3O10/c1-12(26)30-11-17-15(31-13(2)27)5-6-18(32-17)29-8-7-14-9-25(24-23-14)10-16-19(28)20-21(33-16)35-22(3,4)34-20/h5-6,9,15-21,28H,7-8,10-11H2,1-4H3/t15-,16+,17+,18-,19-,20+,21+/m0/s1. The number of esters is 2. The highest BCUT2D eigenvalue weighted by atomic mass is 16.8. The zero-order valence-corrected chi connectivity index (χ0v) is 20.1. The first-order valence-electron chi connectivity index (χ1n) is 11.4. The Labute approximate surface area is 202 Å². The summed E-state index contributed by atoms with van der Waals surface area (Å²) in [5, 5.41) is 18.7. The van der Waals surface area contributed by atoms with E-state index in [1.54, 1.807) is 36.9 Å². The summed E-state index contributed by atoms with van der Waals surface area (Å²) in [5.74, 6) is -1.73. The van der Waals surface area contributed by atoms with Crippen molar-refractivity contribution >= 4 is 11.9 Å². The highest BCUT2D eigenvalue weighted by molar-refractivity contribution is 5.66. The van der Waals surface area contributed by atoms with Gasteiger partial charge in [0.15, 0.2) is 18.4 Å². The molecule has 2 saturated heterocycles. The second-order valence-corrected chi connectivity index (χ2v) is 8.99. The van der Waals surface area contributed by atoms with E-state index in [1.165, 1.54) is 13.8 Å². The first-order valence-corrected chi connectivity index (χ1v) is 11.4. The minimum absolute atomic E-state index is 0.0732. The quantitative estimate of drug-likeness (QED) is 0.357. The number of nitrogens with zero attached hydrogens (tertiary/aromatic N) is 3. The van der Waals surface area contributed by atoms with Crippen LogP contribution < -0.4 is 0 Å². The predicted octanol–water partition coefficient (Wildman–Crippen LogP) is -0.150. The van der Waals surface area contributed by atoms with Gasteiger partial charge in [0, 0.05) is 26.5 Å². The number of carbonyl (C=O) groups is 2. The summed E-state index contributed by atoms with van der Waals surface area (Å²) in [6.45, 7) is 6.61. The van der Waals surface area contributed by atoms with Crippen LogP contribution in [-0.4, -0.2) is 94.1 Å². The molecule has 4 heterocycles. The third-order valence-corrected chi connectivity index (χ3v) is 5.59. The molecular formula is C22H31N3O10. The van der Waals surface area contributed by atoms with Crippen molar-refractivity contribution < 1.29 is 47.9 Å². The maximum absolute atomic E-state index is 11.3. The van der Waals surface area contributed by atoms with Crippen molar-refractivity contribution in [3.63, 3.8) is 0 Å². The second kappa shape index (κ2) is 10.7. The third-order valence-electron chi connectivity index (χ3n) is 5.59. The minimum atomic E-state index is -0.844. The lowest BCUT2D eigenvalue weighted by molar-refractivity contribution is -0.216. The number of fused-ring (bicyclic) bond motifs is 1. The van der Waals surface area contributed by atoms with E-state index in [2.05, 4.69) is 10.3 Å². The highest BCUT2D eigenvalue weighted by Gasteiger charge is 2.54. The first kappa shape index (κ1) is 25.7. The molecule has 194 valence electrons. The van der Waals surface area contributed by atoms with Gasteiger partial charge in [-0.05, 0) is 26.0 Å². The van der Waals surface area contributed by atoms with Crippen LogP contribution in [0.15, 0.2) is 18.3 Å². The van der Waals surface area contributed by atoms with Gasteiger partial charge >= 0.3 is 11.9 Å². The third kappa shape index (κ3) is 6.63. The van der Waals surface area contributed by atoms with Crippen LogP contribution in [0.2, 0.25) is 0 Å². The van der Waals surface area contributed by atoms with E-state index in [1.807, 2.05) is 0 Å². The monoisotopic (exact) mass is 497 g/mol. The summed E-state index contributed by atoms with van der Waals surface area (Å²) in [6, 6.07) is 0. The molecule has 0 radical (unpaired) electrons. The molecule has 13 heteroatoms. The van der Waals surface area contributed by atoms with E-state index >= 15 is 0 Å². The molecular weight excluding hydrogens is 466 g/mol. The van der Waals surface area contributed by atoms with Crippen LogP contribution in [0.4, 0.5) is 0 Å². The van der Waals surface area contributed by atoms with Crippen LogP contribution in [0.25, 0.3) is 0 Å². The van der Waals surface area contributed by atoms with Crippen molar-refractivity contribution in [2.24, 2.45) is 0 Å². The van der Waals surface area contributed by atoms with E-state index in [9.17, 15) is 14.7 Å². The molecule has 1 aromatic rings. The number of hydrogen-bond acceptors (Lipinski definition) is 12. The Morgan fingerprint density at radius 1 is 1.14 bits per heavy atom. The van der Waals surface area contributed by atoms with Crippen molar-refractivity contribution in [3.8, 4) is 0 Å². The van der Waals surface area contributed by atoms with Gasteiger partial charge in [0.05, 0.1) is 18.8 Å². The van der Waals surface area contributed by atoms with E-state index in [0.717, 1.165) is 0 Å². The van der Waals surface area contributed by atoms with Crippen molar-refractivity contribution in [1.82, 2.24) is 15.0 Å². The number of aliphatic hydroxyl groups is 1. The summed E-state index contributed by atoms with van der Waals surface area (Å²) in [6.07, 6.45) is 0.878. The fourth-order valence-corrected chi connectivity index (χ4v) is 4.07. The number of aliphatic hydroxyl groups excluding tert-OH is 1. The van der Waals surface area contributed by atoms with Gasteiger partial charge in [0.2, 0.25) is 0 Å². The van der Waals surface area contributed by atoms with Crippen molar-refractivity contribution in [2.45, 2.75) is 89.5 Å². The molecule has 13 nitrogen and oxygen atoms in total. The van der Waals surface area contributed by atoms with Crippen LogP contribution >= 0.6 is 0 Å². The number of aromatic nitrogens is 3. The molecule has 0 bridgehead atoms. The molecule has 35 heavy (non-hydrogen) atoms. The van der Waals surface area contributed by atoms with Crippen LogP contribution in [0.5, 0.6) is 0 Å². The van der Waals surface area contributed by atoms with Gasteiger partial charge in [-0.15, -0.1) is 5.10 Å². The zero-order valence-electron chi connectivity index (χ0n) is 20.1. The first-order chi connectivity index (χ1) is 16.6. The molecule has 1 N–H and O–H groups in total. The van der Waals surface area contributed by atoms with E-state index in [-0.39, 0.29) is 13.2 Å². The van der Waals surface area contributed by atoms with Crippen molar-refractivity contribution in [1.29, 1.82) is 0 Å². The molecule has 0 aliphatic carbocycles. The fourth-order valence-electron chi connectivity index (χ4n) is 4.07. The van der Waals surface area contributed by atoms with Gasteiger partial charge in [-0.25, -0.2) is 4.68 Å². The summed E-state index contributed by atoms with van der Waals surface area (Å²) < 4.78 is 40.4. The predicted molar refractivity (Wildman–Crippen MR) is 114 cm³/mol. The van der Waals surface area contributed by atoms with E-state index in [0.29, 0.717) is 18.7 Å². The lowest BCUT2D eigenvalue weighted by atomic mass is 10.1. The van der Waals surface area contributed by atoms with Gasteiger partial charge in [-0.1, -0.05) is 5.21 Å². The summed E-state index contributed by atoms with van der Waals surface area (Å²) >= 11 is 0. The molecule has 0 saturated carbocycles. The summed E-state index contributed by atoms with van der Waals surface area (Å²) in [7, 11) is 0. The van der Waals surface area contributed by atoms with E-state index in [4.69, 9.17) is 33.2 Å². The van der Waals surface area contributed by atoms with Crippen LogP contribution in [0.1, 0.15) is 33.4 Å². The minimum Gasteiger partial charge on any atom is -0.463 e. The van der Waals surface area contributed by atoms with Crippen molar-refractivity contribution in [2.75, 3.05) is 13.2 Å². The number of carbonyl (C=O) groups excluding carboxylic acids is 2. The fraction of sp³-hybridized carbons (Fsp3) is 0.727. The van der Waals surface area contributed by atoms with Gasteiger partial charge in [0.1, 0.15) is 37.1 Å². The lowest BCUT2D eigenvalue weighted by Gasteiger charge is -2.31. The molecule has 3 aliphatic rings. The molecule has 0 unspecified atom stereocenters. The maximum Gasteiger partial charge on any atom is 0.303 e. The molecule has 0 aromatic carbocycles. The number of ether oxygens (including phenoxy) is 7. The van der Waals surface area contributed by atoms with Gasteiger partial charge in [0.25, 0.3) is 0 Å². The Hall–Kier alpha value is -2.42. The van der Waals surface area contributed by atoms with E-state index < -0.39 is 60.8 Å².